The second-order valence-electron chi connectivity index (χ2n) is 7.29. The van der Waals surface area contributed by atoms with Crippen LogP contribution in [0.2, 0.25) is 0 Å². The first-order chi connectivity index (χ1) is 12.1. The highest BCUT2D eigenvalue weighted by molar-refractivity contribution is 5.85. The number of nitrogens with two attached hydrogens (primary N) is 1. The largest absolute Gasteiger partial charge is 0.339 e. The number of hydrogen-bond acceptors (Lipinski definition) is 6. The Balaban J connectivity index is 0.00000196. The van der Waals surface area contributed by atoms with Crippen molar-refractivity contribution in [1.82, 2.24) is 24.7 Å². The molecule has 0 atom stereocenters. The quantitative estimate of drug-likeness (QED) is 0.750. The molecule has 1 fully saturated rings. The number of rotatable bonds is 4. The zero-order valence-electron chi connectivity index (χ0n) is 15.2. The van der Waals surface area contributed by atoms with Crippen LogP contribution < -0.4 is 5.73 Å². The molecule has 0 spiro atoms. The Labute approximate surface area is 158 Å². The number of aryl methyl sites for hydroxylation is 2. The minimum absolute atomic E-state index is 0. The zero-order chi connectivity index (χ0) is 17.4. The van der Waals surface area contributed by atoms with Crippen LogP contribution in [-0.4, -0.2) is 31.3 Å². The minimum Gasteiger partial charge on any atom is -0.339 e. The molecule has 140 valence electrons. The summed E-state index contributed by atoms with van der Waals surface area (Å²) < 4.78 is 7.35. The third kappa shape index (κ3) is 3.33. The van der Waals surface area contributed by atoms with Gasteiger partial charge in [0.1, 0.15) is 0 Å². The fourth-order valence-corrected chi connectivity index (χ4v) is 3.94. The number of fused-ring (bicyclic) bond motifs is 1. The number of aromatic nitrogens is 5. The molecule has 3 heterocycles. The summed E-state index contributed by atoms with van der Waals surface area (Å²) in [7, 11) is 0. The summed E-state index contributed by atoms with van der Waals surface area (Å²) in [5, 5.41) is 8.58. The third-order valence-corrected chi connectivity index (χ3v) is 5.36. The molecule has 3 aromatic heterocycles. The van der Waals surface area contributed by atoms with E-state index in [2.05, 4.69) is 20.2 Å². The maximum atomic E-state index is 6.08. The molecule has 2 N–H and O–H groups in total. The van der Waals surface area contributed by atoms with Gasteiger partial charge in [-0.15, -0.1) is 12.4 Å². The van der Waals surface area contributed by atoms with Crippen LogP contribution in [-0.2, 0) is 6.42 Å². The molecule has 8 heteroatoms. The zero-order valence-corrected chi connectivity index (χ0v) is 16.1. The van der Waals surface area contributed by atoms with E-state index in [-0.39, 0.29) is 17.8 Å². The van der Waals surface area contributed by atoms with Crippen LogP contribution in [0, 0.1) is 19.3 Å². The van der Waals surface area contributed by atoms with E-state index in [1.165, 1.54) is 19.3 Å². The van der Waals surface area contributed by atoms with E-state index < -0.39 is 0 Å². The molecule has 1 saturated carbocycles. The van der Waals surface area contributed by atoms with Crippen molar-refractivity contribution in [3.63, 3.8) is 0 Å². The van der Waals surface area contributed by atoms with Gasteiger partial charge in [-0.3, -0.25) is 0 Å². The van der Waals surface area contributed by atoms with Gasteiger partial charge in [0.15, 0.2) is 5.65 Å². The van der Waals surface area contributed by atoms with Gasteiger partial charge < -0.3 is 10.3 Å². The average molecular weight is 377 g/mol. The Morgan fingerprint density at radius 1 is 1.19 bits per heavy atom. The molecular weight excluding hydrogens is 352 g/mol. The molecule has 0 saturated heterocycles. The Kier molecular flexibility index (Phi) is 5.29. The summed E-state index contributed by atoms with van der Waals surface area (Å²) in [5.41, 5.74) is 9.72. The molecule has 0 bridgehead atoms. The van der Waals surface area contributed by atoms with Crippen molar-refractivity contribution >= 4 is 18.1 Å². The number of nitrogens with zero attached hydrogens (tertiary/aromatic N) is 5. The molecule has 0 amide bonds. The Morgan fingerprint density at radius 3 is 2.69 bits per heavy atom. The highest BCUT2D eigenvalue weighted by Crippen LogP contribution is 2.38. The smallest absolute Gasteiger partial charge is 0.227 e. The predicted octanol–water partition coefficient (Wildman–Crippen LogP) is 3.27. The first-order valence-corrected chi connectivity index (χ1v) is 8.95. The summed E-state index contributed by atoms with van der Waals surface area (Å²) in [4.78, 5) is 9.21. The lowest BCUT2D eigenvalue weighted by molar-refractivity contribution is 0.177. The van der Waals surface area contributed by atoms with E-state index in [0.29, 0.717) is 18.3 Å². The van der Waals surface area contributed by atoms with Crippen LogP contribution in [0.25, 0.3) is 17.0 Å². The second kappa shape index (κ2) is 7.32. The summed E-state index contributed by atoms with van der Waals surface area (Å²) >= 11 is 0. The van der Waals surface area contributed by atoms with Crippen LogP contribution in [0.4, 0.5) is 0 Å². The summed E-state index contributed by atoms with van der Waals surface area (Å²) in [6.45, 7) is 4.65. The van der Waals surface area contributed by atoms with Crippen molar-refractivity contribution in [2.45, 2.75) is 52.4 Å². The summed E-state index contributed by atoms with van der Waals surface area (Å²) in [5.74, 6) is 1.21. The summed E-state index contributed by atoms with van der Waals surface area (Å²) in [6, 6.07) is 2.00. The van der Waals surface area contributed by atoms with Crippen molar-refractivity contribution in [3.05, 3.63) is 29.5 Å². The van der Waals surface area contributed by atoms with Crippen LogP contribution in [0.3, 0.4) is 0 Å². The molecule has 7 nitrogen and oxygen atoms in total. The number of halogens is 1. The van der Waals surface area contributed by atoms with E-state index in [1.807, 2.05) is 19.9 Å². The highest BCUT2D eigenvalue weighted by Gasteiger charge is 2.33. The SMILES string of the molecule is Cc1cc(C)n2ncc(-c3noc(CC4(CN)CCCCC4)n3)c2n1.Cl. The lowest BCUT2D eigenvalue weighted by Crippen LogP contribution is -2.35. The standard InChI is InChI=1S/C18H24N6O.ClH/c1-12-8-13(2)24-17(21-12)14(10-20-24)16-22-15(25-23-16)9-18(11-19)6-4-3-5-7-18;/h8,10H,3-7,9,11,19H2,1-2H3;1H. The molecule has 26 heavy (non-hydrogen) atoms. The van der Waals surface area contributed by atoms with Crippen LogP contribution >= 0.6 is 12.4 Å². The maximum absolute atomic E-state index is 6.08. The van der Waals surface area contributed by atoms with E-state index in [0.717, 1.165) is 41.9 Å². The first-order valence-electron chi connectivity index (χ1n) is 8.95. The molecular formula is C18H25ClN6O. The molecule has 0 aliphatic heterocycles. The molecule has 0 radical (unpaired) electrons. The molecule has 0 aromatic carbocycles. The molecule has 1 aliphatic rings. The van der Waals surface area contributed by atoms with Gasteiger partial charge in [0.05, 0.1) is 11.8 Å². The van der Waals surface area contributed by atoms with Crippen LogP contribution in [0.15, 0.2) is 16.8 Å². The lowest BCUT2D eigenvalue weighted by Gasteiger charge is -2.34. The van der Waals surface area contributed by atoms with E-state index in [4.69, 9.17) is 10.3 Å². The summed E-state index contributed by atoms with van der Waals surface area (Å²) in [6.07, 6.45) is 8.53. The first kappa shape index (κ1) is 18.8. The van der Waals surface area contributed by atoms with Crippen molar-refractivity contribution in [2.75, 3.05) is 6.54 Å². The topological polar surface area (TPSA) is 95.1 Å². The van der Waals surface area contributed by atoms with E-state index in [9.17, 15) is 0 Å². The van der Waals surface area contributed by atoms with Crippen molar-refractivity contribution < 1.29 is 4.52 Å². The molecule has 0 unspecified atom stereocenters. The Morgan fingerprint density at radius 2 is 1.96 bits per heavy atom. The van der Waals surface area contributed by atoms with Gasteiger partial charge in [0, 0.05) is 17.8 Å². The van der Waals surface area contributed by atoms with Crippen LogP contribution in [0.5, 0.6) is 0 Å². The van der Waals surface area contributed by atoms with Gasteiger partial charge in [-0.25, -0.2) is 9.50 Å². The van der Waals surface area contributed by atoms with Gasteiger partial charge in [0.25, 0.3) is 0 Å². The van der Waals surface area contributed by atoms with Gasteiger partial charge in [-0.2, -0.15) is 10.1 Å². The fourth-order valence-electron chi connectivity index (χ4n) is 3.94. The van der Waals surface area contributed by atoms with E-state index >= 15 is 0 Å². The van der Waals surface area contributed by atoms with Crippen molar-refractivity contribution in [2.24, 2.45) is 11.1 Å². The van der Waals surface area contributed by atoms with Crippen molar-refractivity contribution in [1.29, 1.82) is 0 Å². The van der Waals surface area contributed by atoms with Gasteiger partial charge in [0.2, 0.25) is 11.7 Å². The fraction of sp³-hybridized carbons (Fsp3) is 0.556. The Hall–Kier alpha value is -1.99. The molecule has 1 aliphatic carbocycles. The molecule has 4 rings (SSSR count). The third-order valence-electron chi connectivity index (χ3n) is 5.36. The maximum Gasteiger partial charge on any atom is 0.227 e. The molecule has 3 aromatic rings. The van der Waals surface area contributed by atoms with Crippen molar-refractivity contribution in [3.8, 4) is 11.4 Å². The second-order valence-corrected chi connectivity index (χ2v) is 7.29. The van der Waals surface area contributed by atoms with Gasteiger partial charge in [-0.1, -0.05) is 24.4 Å². The highest BCUT2D eigenvalue weighted by atomic mass is 35.5. The average Bonchev–Trinajstić information content (AvgIpc) is 3.22. The number of hydrogen-bond donors (Lipinski definition) is 1. The van der Waals surface area contributed by atoms with Gasteiger partial charge in [-0.05, 0) is 44.7 Å². The normalized spacial score (nSPS) is 16.6. The monoisotopic (exact) mass is 376 g/mol. The van der Waals surface area contributed by atoms with E-state index in [1.54, 1.807) is 10.7 Å². The minimum atomic E-state index is 0. The lowest BCUT2D eigenvalue weighted by atomic mass is 9.72. The predicted molar refractivity (Wildman–Crippen MR) is 101 cm³/mol. The van der Waals surface area contributed by atoms with Gasteiger partial charge >= 0.3 is 0 Å². The van der Waals surface area contributed by atoms with Crippen LogP contribution in [0.1, 0.15) is 49.4 Å². The Bertz CT molecular complexity index is 896.